The summed E-state index contributed by atoms with van der Waals surface area (Å²) in [4.78, 5) is 20.5. The smallest absolute Gasteiger partial charge is 0.350 e. The summed E-state index contributed by atoms with van der Waals surface area (Å²) in [6.07, 6.45) is -4.03. The normalized spacial score (nSPS) is 11.3. The molecule has 0 spiro atoms. The van der Waals surface area contributed by atoms with Gasteiger partial charge in [-0.3, -0.25) is 15.0 Å². The number of nitroso groups, excluding NO2 is 1. The Hall–Kier alpha value is -1.71. The molecular formula is C5H5F4N3O3. The predicted octanol–water partition coefficient (Wildman–Crippen LogP) is 0.633. The van der Waals surface area contributed by atoms with Crippen molar-refractivity contribution in [1.82, 2.24) is 10.2 Å². The van der Waals surface area contributed by atoms with E-state index in [0.717, 1.165) is 0 Å². The zero-order chi connectivity index (χ0) is 10.9. The lowest BCUT2D eigenvalue weighted by molar-refractivity contribution is -0.137. The highest BCUT2D eigenvalue weighted by atomic mass is 19.3. The minimum absolute atomic E-state index is 0. The Balaban J connectivity index is 0.00000196. The summed E-state index contributed by atoms with van der Waals surface area (Å²) in [6, 6.07) is 0. The zero-order valence-corrected chi connectivity index (χ0v) is 6.85. The highest BCUT2D eigenvalue weighted by Gasteiger charge is 2.47. The second kappa shape index (κ2) is 4.21. The fraction of sp³-hybridized carbons (Fsp3) is 0.400. The summed E-state index contributed by atoms with van der Waals surface area (Å²) in [5.41, 5.74) is -4.04. The molecule has 1 aromatic heterocycles. The van der Waals surface area contributed by atoms with Crippen molar-refractivity contribution in [3.05, 3.63) is 21.0 Å². The quantitative estimate of drug-likeness (QED) is 0.587. The molecule has 0 saturated carbocycles. The van der Waals surface area contributed by atoms with Crippen molar-refractivity contribution >= 4 is 5.69 Å². The average Bonchev–Trinajstić information content (AvgIpc) is 2.46. The highest BCUT2D eigenvalue weighted by Crippen LogP contribution is 2.36. The molecule has 0 aromatic carbocycles. The average molecular weight is 231 g/mol. The number of rotatable bonds is 3. The third-order valence-corrected chi connectivity index (χ3v) is 1.45. The van der Waals surface area contributed by atoms with Gasteiger partial charge in [0.2, 0.25) is 5.69 Å². The summed E-state index contributed by atoms with van der Waals surface area (Å²) >= 11 is 0. The molecule has 1 heterocycles. The Morgan fingerprint density at radius 2 is 1.80 bits per heavy atom. The molecule has 6 nitrogen and oxygen atoms in total. The maximum absolute atomic E-state index is 12.6. The van der Waals surface area contributed by atoms with E-state index in [1.807, 2.05) is 5.18 Å². The van der Waals surface area contributed by atoms with Crippen LogP contribution in [0, 0.1) is 4.91 Å². The number of halogens is 4. The van der Waals surface area contributed by atoms with Crippen molar-refractivity contribution in [2.24, 2.45) is 5.18 Å². The van der Waals surface area contributed by atoms with Gasteiger partial charge in [-0.15, -0.1) is 4.91 Å². The van der Waals surface area contributed by atoms with Gasteiger partial charge in [0.15, 0.2) is 0 Å². The van der Waals surface area contributed by atoms with Gasteiger partial charge in [-0.05, 0) is 5.18 Å². The molecule has 0 bridgehead atoms. The van der Waals surface area contributed by atoms with Crippen LogP contribution < -0.4 is 5.56 Å². The van der Waals surface area contributed by atoms with Gasteiger partial charge < -0.3 is 5.48 Å². The van der Waals surface area contributed by atoms with Crippen LogP contribution in [0.4, 0.5) is 23.2 Å². The van der Waals surface area contributed by atoms with Gasteiger partial charge in [0, 0.05) is 0 Å². The van der Waals surface area contributed by atoms with E-state index in [1.54, 1.807) is 5.10 Å². The van der Waals surface area contributed by atoms with E-state index < -0.39 is 29.3 Å². The Morgan fingerprint density at radius 3 is 2.20 bits per heavy atom. The van der Waals surface area contributed by atoms with Gasteiger partial charge in [0.05, 0.1) is 0 Å². The van der Waals surface area contributed by atoms with E-state index in [2.05, 4.69) is 0 Å². The molecule has 0 unspecified atom stereocenters. The number of hydrogen-bond acceptors (Lipinski definition) is 3. The van der Waals surface area contributed by atoms with E-state index in [4.69, 9.17) is 0 Å². The van der Waals surface area contributed by atoms with Crippen molar-refractivity contribution < 1.29 is 23.0 Å². The van der Waals surface area contributed by atoms with Crippen LogP contribution in [0.25, 0.3) is 0 Å². The fourth-order valence-corrected chi connectivity index (χ4v) is 0.789. The summed E-state index contributed by atoms with van der Waals surface area (Å²) in [6.45, 7) is 0. The predicted molar refractivity (Wildman–Crippen MR) is 40.4 cm³/mol. The Kier molecular flexibility index (Phi) is 3.73. The van der Waals surface area contributed by atoms with E-state index in [0.29, 0.717) is 0 Å². The van der Waals surface area contributed by atoms with E-state index in [-0.39, 0.29) is 5.48 Å². The topological polar surface area (TPSA) is 110 Å². The number of aromatic nitrogens is 2. The van der Waals surface area contributed by atoms with Crippen LogP contribution in [-0.4, -0.2) is 22.1 Å². The third-order valence-electron chi connectivity index (χ3n) is 1.45. The maximum atomic E-state index is 12.6. The first-order valence-electron chi connectivity index (χ1n) is 3.21. The monoisotopic (exact) mass is 231 g/mol. The van der Waals surface area contributed by atoms with E-state index in [1.165, 1.54) is 5.10 Å². The van der Waals surface area contributed by atoms with Gasteiger partial charge in [-0.1, -0.05) is 0 Å². The second-order valence-corrected chi connectivity index (χ2v) is 2.32. The van der Waals surface area contributed by atoms with E-state index >= 15 is 0 Å². The summed E-state index contributed by atoms with van der Waals surface area (Å²) in [5.74, 6) is -4.61. The first-order chi connectivity index (χ1) is 6.41. The second-order valence-electron chi connectivity index (χ2n) is 2.32. The van der Waals surface area contributed by atoms with Crippen LogP contribution in [-0.2, 0) is 5.92 Å². The molecule has 4 N–H and O–H groups in total. The molecule has 0 aliphatic rings. The highest BCUT2D eigenvalue weighted by molar-refractivity contribution is 5.41. The van der Waals surface area contributed by atoms with Crippen LogP contribution in [0.3, 0.4) is 0 Å². The van der Waals surface area contributed by atoms with Crippen molar-refractivity contribution in [3.63, 3.8) is 0 Å². The Labute approximate surface area is 78.6 Å². The largest absolute Gasteiger partial charge is 0.412 e. The molecule has 1 aromatic rings. The fourth-order valence-electron chi connectivity index (χ4n) is 0.789. The van der Waals surface area contributed by atoms with Gasteiger partial charge >= 0.3 is 12.3 Å². The van der Waals surface area contributed by atoms with Crippen LogP contribution in [0.15, 0.2) is 9.97 Å². The van der Waals surface area contributed by atoms with Crippen LogP contribution in [0.5, 0.6) is 0 Å². The van der Waals surface area contributed by atoms with Crippen molar-refractivity contribution in [2.75, 3.05) is 0 Å². The van der Waals surface area contributed by atoms with Crippen LogP contribution >= 0.6 is 0 Å². The molecule has 0 aliphatic heterocycles. The van der Waals surface area contributed by atoms with Crippen LogP contribution in [0.1, 0.15) is 5.69 Å². The molecule has 0 atom stereocenters. The molecule has 0 aliphatic carbocycles. The third kappa shape index (κ3) is 2.03. The summed E-state index contributed by atoms with van der Waals surface area (Å²) in [5, 5.41) is 4.99. The first-order valence-corrected chi connectivity index (χ1v) is 3.21. The van der Waals surface area contributed by atoms with Gasteiger partial charge in [-0.25, -0.2) is 8.78 Å². The lowest BCUT2D eigenvalue weighted by atomic mass is 10.2. The summed E-state index contributed by atoms with van der Waals surface area (Å²) < 4.78 is 48.8. The molecule has 0 amide bonds. The lowest BCUT2D eigenvalue weighted by Crippen LogP contribution is -2.24. The standard InChI is InChI=1S/C5H3F4N3O2.H2O/c6-4(7)5(8,9)2-1(12-14)3(13)11-10-2;/h4H,(H2,10,11,13);1H2. The number of H-pyrrole nitrogens is 2. The molecule has 1 rings (SSSR count). The number of aromatic amines is 2. The number of alkyl halides is 4. The van der Waals surface area contributed by atoms with Crippen molar-refractivity contribution in [2.45, 2.75) is 12.3 Å². The molecular weight excluding hydrogens is 226 g/mol. The summed E-state index contributed by atoms with van der Waals surface area (Å²) in [7, 11) is 0. The minimum atomic E-state index is -4.61. The van der Waals surface area contributed by atoms with Crippen molar-refractivity contribution in [3.8, 4) is 0 Å². The minimum Gasteiger partial charge on any atom is -0.412 e. The Morgan fingerprint density at radius 1 is 1.27 bits per heavy atom. The van der Waals surface area contributed by atoms with Gasteiger partial charge in [-0.2, -0.15) is 8.78 Å². The number of nitrogens with zero attached hydrogens (tertiary/aromatic N) is 1. The van der Waals surface area contributed by atoms with Crippen LogP contribution in [0.2, 0.25) is 0 Å². The maximum Gasteiger partial charge on any atom is 0.350 e. The first kappa shape index (κ1) is 13.3. The molecule has 0 fully saturated rings. The van der Waals surface area contributed by atoms with Crippen molar-refractivity contribution in [1.29, 1.82) is 0 Å². The van der Waals surface area contributed by atoms with Gasteiger partial charge in [0.1, 0.15) is 5.69 Å². The lowest BCUT2D eigenvalue weighted by Gasteiger charge is -2.12. The molecule has 86 valence electrons. The van der Waals surface area contributed by atoms with Gasteiger partial charge in [0.25, 0.3) is 5.56 Å². The zero-order valence-electron chi connectivity index (χ0n) is 6.85. The SMILES string of the molecule is O.O=Nc1c(C(F)(F)C(F)F)[nH][nH]c1=O. The Bertz CT molecular complexity index is 398. The van der Waals surface area contributed by atoms with E-state index in [9.17, 15) is 27.3 Å². The molecule has 0 saturated heterocycles. The molecule has 10 heteroatoms. The molecule has 15 heavy (non-hydrogen) atoms. The number of nitrogens with one attached hydrogen (secondary N) is 2. The number of hydrogen-bond donors (Lipinski definition) is 2. The molecule has 0 radical (unpaired) electrons.